The molecule has 3 aromatic rings. The van der Waals surface area contributed by atoms with E-state index in [1.807, 2.05) is 94.4 Å². The average Bonchev–Trinajstić information content (AvgIpc) is 2.72. The van der Waals surface area contributed by atoms with E-state index in [0.717, 1.165) is 33.1 Å². The summed E-state index contributed by atoms with van der Waals surface area (Å²) in [5, 5.41) is 9.74. The predicted octanol–water partition coefficient (Wildman–Crippen LogP) is 6.54. The van der Waals surface area contributed by atoms with Crippen LogP contribution in [0.15, 0.2) is 71.6 Å². The van der Waals surface area contributed by atoms with Gasteiger partial charge in [0.15, 0.2) is 5.11 Å². The molecule has 0 spiro atoms. The van der Waals surface area contributed by atoms with Gasteiger partial charge in [0.2, 0.25) is 5.91 Å². The Kier molecular flexibility index (Phi) is 7.71. The van der Waals surface area contributed by atoms with Crippen molar-refractivity contribution in [1.29, 1.82) is 0 Å². The van der Waals surface area contributed by atoms with Crippen LogP contribution in [0, 0.1) is 20.8 Å². The molecule has 1 unspecified atom stereocenters. The van der Waals surface area contributed by atoms with Gasteiger partial charge in [-0.2, -0.15) is 0 Å². The van der Waals surface area contributed by atoms with Crippen LogP contribution in [0.1, 0.15) is 23.6 Å². The summed E-state index contributed by atoms with van der Waals surface area (Å²) in [7, 11) is 0. The van der Waals surface area contributed by atoms with Gasteiger partial charge in [-0.25, -0.2) is 0 Å². The highest BCUT2D eigenvalue weighted by Crippen LogP contribution is 2.28. The quantitative estimate of drug-likeness (QED) is 0.295. The number of thiocarbonyl (C=S) groups is 1. The van der Waals surface area contributed by atoms with E-state index in [-0.39, 0.29) is 11.2 Å². The molecule has 0 aromatic heterocycles. The molecule has 31 heavy (non-hydrogen) atoms. The fraction of sp³-hybridized carbons (Fsp3) is 0.200. The summed E-state index contributed by atoms with van der Waals surface area (Å²) < 4.78 is 0. The number of nitrogens with one attached hydrogen (secondary N) is 3. The minimum atomic E-state index is -0.244. The molecule has 0 bridgehead atoms. The Bertz CT molecular complexity index is 1060. The third-order valence-corrected chi connectivity index (χ3v) is 6.11. The van der Waals surface area contributed by atoms with Gasteiger partial charge in [-0.1, -0.05) is 42.0 Å². The van der Waals surface area contributed by atoms with Crippen molar-refractivity contribution < 1.29 is 4.79 Å². The summed E-state index contributed by atoms with van der Waals surface area (Å²) in [6.07, 6.45) is 0. The molecule has 0 radical (unpaired) electrons. The Morgan fingerprint density at radius 2 is 1.45 bits per heavy atom. The Labute approximate surface area is 193 Å². The number of anilines is 3. The zero-order chi connectivity index (χ0) is 22.4. The summed E-state index contributed by atoms with van der Waals surface area (Å²) in [5.41, 5.74) is 6.02. The zero-order valence-electron chi connectivity index (χ0n) is 18.2. The van der Waals surface area contributed by atoms with E-state index >= 15 is 0 Å². The lowest BCUT2D eigenvalue weighted by Gasteiger charge is -2.16. The van der Waals surface area contributed by atoms with Gasteiger partial charge in [0, 0.05) is 22.0 Å². The number of hydrogen-bond donors (Lipinski definition) is 3. The Balaban J connectivity index is 1.59. The first kappa shape index (κ1) is 22.8. The van der Waals surface area contributed by atoms with E-state index in [1.54, 1.807) is 0 Å². The molecule has 0 aliphatic rings. The van der Waals surface area contributed by atoms with Crippen molar-refractivity contribution in [2.75, 3.05) is 16.0 Å². The van der Waals surface area contributed by atoms with E-state index in [1.165, 1.54) is 17.3 Å². The number of para-hydroxylation sites is 1. The highest BCUT2D eigenvalue weighted by molar-refractivity contribution is 8.00. The van der Waals surface area contributed by atoms with Gasteiger partial charge in [-0.15, -0.1) is 11.8 Å². The molecule has 3 N–H and O–H groups in total. The van der Waals surface area contributed by atoms with E-state index in [9.17, 15) is 4.79 Å². The molecule has 0 heterocycles. The highest BCUT2D eigenvalue weighted by Gasteiger charge is 2.16. The third kappa shape index (κ3) is 6.57. The van der Waals surface area contributed by atoms with Crippen molar-refractivity contribution in [1.82, 2.24) is 0 Å². The lowest BCUT2D eigenvalue weighted by molar-refractivity contribution is -0.115. The van der Waals surface area contributed by atoms with Crippen LogP contribution in [0.3, 0.4) is 0 Å². The first-order valence-electron chi connectivity index (χ1n) is 10.1. The topological polar surface area (TPSA) is 53.2 Å². The molecule has 1 amide bonds. The van der Waals surface area contributed by atoms with Gasteiger partial charge >= 0.3 is 0 Å². The number of benzene rings is 3. The number of amides is 1. The van der Waals surface area contributed by atoms with Crippen LogP contribution in [0.25, 0.3) is 0 Å². The first-order chi connectivity index (χ1) is 14.8. The summed E-state index contributed by atoms with van der Waals surface area (Å²) in [5.74, 6) is -0.0164. The van der Waals surface area contributed by atoms with Crippen molar-refractivity contribution in [3.05, 3.63) is 83.4 Å². The molecule has 0 aliphatic heterocycles. The van der Waals surface area contributed by atoms with Crippen molar-refractivity contribution >= 4 is 52.1 Å². The SMILES string of the molecule is Cc1ccc(NC(=S)Nc2cccc(SC(C)C(=O)Nc3c(C)cccc3C)c2)cc1. The van der Waals surface area contributed by atoms with Crippen LogP contribution in [0.4, 0.5) is 17.1 Å². The molecular weight excluding hydrogens is 422 g/mol. The minimum Gasteiger partial charge on any atom is -0.332 e. The van der Waals surface area contributed by atoms with Crippen molar-refractivity contribution in [2.45, 2.75) is 37.8 Å². The fourth-order valence-corrected chi connectivity index (χ4v) is 4.23. The van der Waals surface area contributed by atoms with Gasteiger partial charge in [-0.05, 0) is 81.4 Å². The van der Waals surface area contributed by atoms with Crippen molar-refractivity contribution in [3.63, 3.8) is 0 Å². The summed E-state index contributed by atoms with van der Waals surface area (Å²) in [6, 6.07) is 22.0. The normalized spacial score (nSPS) is 11.5. The van der Waals surface area contributed by atoms with Crippen LogP contribution in [0.2, 0.25) is 0 Å². The largest absolute Gasteiger partial charge is 0.332 e. The minimum absolute atomic E-state index is 0.0164. The lowest BCUT2D eigenvalue weighted by atomic mass is 10.1. The molecule has 0 saturated carbocycles. The number of carbonyl (C=O) groups excluding carboxylic acids is 1. The van der Waals surface area contributed by atoms with E-state index in [0.29, 0.717) is 5.11 Å². The van der Waals surface area contributed by atoms with Gasteiger partial charge < -0.3 is 16.0 Å². The van der Waals surface area contributed by atoms with Gasteiger partial charge in [-0.3, -0.25) is 4.79 Å². The second-order valence-electron chi connectivity index (χ2n) is 7.49. The van der Waals surface area contributed by atoms with Crippen LogP contribution < -0.4 is 16.0 Å². The van der Waals surface area contributed by atoms with Gasteiger partial charge in [0.05, 0.1) is 5.25 Å². The van der Waals surface area contributed by atoms with Crippen LogP contribution in [-0.2, 0) is 4.79 Å². The zero-order valence-corrected chi connectivity index (χ0v) is 19.8. The molecule has 0 fully saturated rings. The standard InChI is InChI=1S/C25H27N3OS2/c1-16-11-13-20(14-12-16)26-25(30)27-21-9-6-10-22(15-21)31-19(4)24(29)28-23-17(2)7-5-8-18(23)3/h5-15,19H,1-4H3,(H,28,29)(H2,26,27,30). The lowest BCUT2D eigenvalue weighted by Crippen LogP contribution is -2.23. The molecule has 160 valence electrons. The van der Waals surface area contributed by atoms with Crippen molar-refractivity contribution in [2.24, 2.45) is 0 Å². The monoisotopic (exact) mass is 449 g/mol. The average molecular weight is 450 g/mol. The van der Waals surface area contributed by atoms with Crippen molar-refractivity contribution in [3.8, 4) is 0 Å². The first-order valence-corrected chi connectivity index (χ1v) is 11.4. The molecule has 0 saturated heterocycles. The van der Waals surface area contributed by atoms with Crippen LogP contribution in [-0.4, -0.2) is 16.3 Å². The second kappa shape index (κ2) is 10.5. The molecule has 3 aromatic carbocycles. The summed E-state index contributed by atoms with van der Waals surface area (Å²) in [4.78, 5) is 13.7. The van der Waals surface area contributed by atoms with E-state index in [2.05, 4.69) is 16.0 Å². The molecule has 0 aliphatic carbocycles. The smallest absolute Gasteiger partial charge is 0.237 e. The van der Waals surface area contributed by atoms with Crippen LogP contribution >= 0.6 is 24.0 Å². The molecule has 4 nitrogen and oxygen atoms in total. The highest BCUT2D eigenvalue weighted by atomic mass is 32.2. The Morgan fingerprint density at radius 3 is 2.13 bits per heavy atom. The van der Waals surface area contributed by atoms with Gasteiger partial charge in [0.1, 0.15) is 0 Å². The Hall–Kier alpha value is -2.83. The number of hydrogen-bond acceptors (Lipinski definition) is 3. The maximum atomic E-state index is 12.7. The van der Waals surface area contributed by atoms with Gasteiger partial charge in [0.25, 0.3) is 0 Å². The molecular formula is C25H27N3OS2. The van der Waals surface area contributed by atoms with E-state index < -0.39 is 0 Å². The number of carbonyl (C=O) groups is 1. The van der Waals surface area contributed by atoms with E-state index in [4.69, 9.17) is 12.2 Å². The maximum Gasteiger partial charge on any atom is 0.237 e. The van der Waals surface area contributed by atoms with Crippen LogP contribution in [0.5, 0.6) is 0 Å². The fourth-order valence-electron chi connectivity index (χ4n) is 3.07. The predicted molar refractivity (Wildman–Crippen MR) is 137 cm³/mol. The second-order valence-corrected chi connectivity index (χ2v) is 9.31. The third-order valence-electron chi connectivity index (χ3n) is 4.81. The summed E-state index contributed by atoms with van der Waals surface area (Å²) >= 11 is 6.94. The number of rotatable bonds is 6. The summed E-state index contributed by atoms with van der Waals surface area (Å²) in [6.45, 7) is 7.97. The number of thioether (sulfide) groups is 1. The molecule has 1 atom stereocenters. The Morgan fingerprint density at radius 1 is 0.839 bits per heavy atom. The maximum absolute atomic E-state index is 12.7. The molecule has 3 rings (SSSR count). The molecule has 6 heteroatoms. The number of aryl methyl sites for hydroxylation is 3.